The fourth-order valence-corrected chi connectivity index (χ4v) is 1.49. The fraction of sp³-hybridized carbons (Fsp3) is 0.600. The normalized spacial score (nSPS) is 12.8. The molecule has 0 saturated carbocycles. The van der Waals surface area contributed by atoms with E-state index in [9.17, 15) is 4.79 Å². The van der Waals surface area contributed by atoms with Gasteiger partial charge in [-0.15, -0.1) is 0 Å². The summed E-state index contributed by atoms with van der Waals surface area (Å²) in [5.41, 5.74) is 0. The third-order valence-electron chi connectivity index (χ3n) is 2.19. The molecule has 0 saturated heterocycles. The molecule has 0 N–H and O–H groups in total. The van der Waals surface area contributed by atoms with Gasteiger partial charge >= 0.3 is 0 Å². The first-order chi connectivity index (χ1) is 6.59. The van der Waals surface area contributed by atoms with Crippen LogP contribution in [0.15, 0.2) is 18.7 Å². The molecule has 0 bridgehead atoms. The highest BCUT2D eigenvalue weighted by molar-refractivity contribution is 7.81. The standard InChI is InChI=1S/C10H16N2OS/c1-9(13)10(14)4-3-5-12-7-6-11(2)8-12/h6-8,10H,3-5H2,1-2H3/p+1. The summed E-state index contributed by atoms with van der Waals surface area (Å²) in [6.07, 6.45) is 7.90. The van der Waals surface area contributed by atoms with Gasteiger partial charge in [0.25, 0.3) is 0 Å². The Bertz CT molecular complexity index is 309. The van der Waals surface area contributed by atoms with E-state index < -0.39 is 0 Å². The molecule has 1 unspecified atom stereocenters. The van der Waals surface area contributed by atoms with Gasteiger partial charge in [-0.1, -0.05) is 0 Å². The van der Waals surface area contributed by atoms with E-state index in [1.165, 1.54) is 0 Å². The van der Waals surface area contributed by atoms with E-state index in [0.29, 0.717) is 0 Å². The van der Waals surface area contributed by atoms with Gasteiger partial charge in [0, 0.05) is 0 Å². The molecular weight excluding hydrogens is 196 g/mol. The second-order valence-electron chi connectivity index (χ2n) is 3.59. The predicted octanol–water partition coefficient (Wildman–Crippen LogP) is 0.980. The molecule has 0 aliphatic carbocycles. The van der Waals surface area contributed by atoms with E-state index in [4.69, 9.17) is 0 Å². The number of carbonyl (C=O) groups excluding carboxylic acids is 1. The largest absolute Gasteiger partial charge is 0.299 e. The fourth-order valence-electron chi connectivity index (χ4n) is 1.30. The van der Waals surface area contributed by atoms with Gasteiger partial charge in [0.15, 0.2) is 0 Å². The SMILES string of the molecule is CC(=O)C(S)CCCn1cc[n+](C)c1. The molecule has 0 fully saturated rings. The van der Waals surface area contributed by atoms with Gasteiger partial charge in [0.1, 0.15) is 18.2 Å². The molecule has 1 atom stereocenters. The molecule has 0 spiro atoms. The number of aryl methyl sites for hydroxylation is 2. The molecule has 14 heavy (non-hydrogen) atoms. The van der Waals surface area contributed by atoms with Crippen LogP contribution in [-0.4, -0.2) is 15.6 Å². The zero-order valence-corrected chi connectivity index (χ0v) is 9.58. The zero-order valence-electron chi connectivity index (χ0n) is 8.68. The predicted molar refractivity (Wildman–Crippen MR) is 58.3 cm³/mol. The summed E-state index contributed by atoms with van der Waals surface area (Å²) in [6.45, 7) is 2.54. The Morgan fingerprint density at radius 3 is 2.86 bits per heavy atom. The first kappa shape index (κ1) is 11.3. The molecule has 3 nitrogen and oxygen atoms in total. The quantitative estimate of drug-likeness (QED) is 0.572. The number of nitrogens with zero attached hydrogens (tertiary/aromatic N) is 2. The molecule has 1 aromatic rings. The van der Waals surface area contributed by atoms with E-state index >= 15 is 0 Å². The van der Waals surface area contributed by atoms with Crippen LogP contribution in [0, 0.1) is 0 Å². The summed E-state index contributed by atoms with van der Waals surface area (Å²) in [5, 5.41) is -0.0979. The van der Waals surface area contributed by atoms with Gasteiger partial charge in [0.2, 0.25) is 6.33 Å². The van der Waals surface area contributed by atoms with Crippen LogP contribution in [-0.2, 0) is 18.4 Å². The Morgan fingerprint density at radius 2 is 2.36 bits per heavy atom. The third kappa shape index (κ3) is 3.54. The summed E-state index contributed by atoms with van der Waals surface area (Å²) in [4.78, 5) is 10.9. The van der Waals surface area contributed by atoms with Gasteiger partial charge in [-0.2, -0.15) is 12.6 Å². The smallest absolute Gasteiger partial charge is 0.243 e. The molecule has 78 valence electrons. The van der Waals surface area contributed by atoms with Crippen LogP contribution in [0.25, 0.3) is 0 Å². The van der Waals surface area contributed by atoms with Gasteiger partial charge in [-0.25, -0.2) is 9.13 Å². The Morgan fingerprint density at radius 1 is 1.64 bits per heavy atom. The maximum Gasteiger partial charge on any atom is 0.243 e. The lowest BCUT2D eigenvalue weighted by Crippen LogP contribution is -2.23. The van der Waals surface area contributed by atoms with Crippen LogP contribution >= 0.6 is 12.6 Å². The topological polar surface area (TPSA) is 25.9 Å². The van der Waals surface area contributed by atoms with Crippen molar-refractivity contribution in [1.82, 2.24) is 4.57 Å². The van der Waals surface area contributed by atoms with Crippen molar-refractivity contribution in [2.24, 2.45) is 7.05 Å². The molecule has 0 aliphatic heterocycles. The number of ketones is 1. The van der Waals surface area contributed by atoms with Crippen LogP contribution in [0.1, 0.15) is 19.8 Å². The highest BCUT2D eigenvalue weighted by atomic mass is 32.1. The molecule has 0 aromatic carbocycles. The van der Waals surface area contributed by atoms with E-state index in [0.717, 1.165) is 19.4 Å². The van der Waals surface area contributed by atoms with E-state index in [2.05, 4.69) is 17.2 Å². The zero-order chi connectivity index (χ0) is 10.6. The molecular formula is C10H17N2OS+. The maximum absolute atomic E-state index is 10.9. The number of carbonyl (C=O) groups is 1. The lowest BCUT2D eigenvalue weighted by Gasteiger charge is -2.04. The molecule has 0 amide bonds. The number of Topliss-reactive ketones (excluding diaryl/α,β-unsaturated/α-hetero) is 1. The van der Waals surface area contributed by atoms with E-state index in [1.54, 1.807) is 6.92 Å². The average molecular weight is 213 g/mol. The number of rotatable bonds is 5. The Kier molecular flexibility index (Phi) is 4.20. The summed E-state index contributed by atoms with van der Waals surface area (Å²) in [7, 11) is 1.99. The maximum atomic E-state index is 10.9. The van der Waals surface area contributed by atoms with Gasteiger partial charge < -0.3 is 0 Å². The van der Waals surface area contributed by atoms with Gasteiger partial charge in [0.05, 0.1) is 18.8 Å². The number of hydrogen-bond donors (Lipinski definition) is 1. The van der Waals surface area contributed by atoms with Crippen LogP contribution in [0.4, 0.5) is 0 Å². The van der Waals surface area contributed by atoms with Crippen LogP contribution in [0.5, 0.6) is 0 Å². The van der Waals surface area contributed by atoms with Crippen molar-refractivity contribution >= 4 is 18.4 Å². The van der Waals surface area contributed by atoms with Gasteiger partial charge in [-0.3, -0.25) is 4.79 Å². The van der Waals surface area contributed by atoms with Crippen molar-refractivity contribution in [2.75, 3.05) is 0 Å². The van der Waals surface area contributed by atoms with Crippen molar-refractivity contribution in [1.29, 1.82) is 0 Å². The highest BCUT2D eigenvalue weighted by Gasteiger charge is 2.08. The molecule has 0 radical (unpaired) electrons. The number of aromatic nitrogens is 2. The minimum atomic E-state index is -0.0979. The summed E-state index contributed by atoms with van der Waals surface area (Å²) >= 11 is 4.21. The van der Waals surface area contributed by atoms with Crippen molar-refractivity contribution in [3.63, 3.8) is 0 Å². The second-order valence-corrected chi connectivity index (χ2v) is 4.21. The lowest BCUT2D eigenvalue weighted by molar-refractivity contribution is -0.671. The average Bonchev–Trinajstić information content (AvgIpc) is 2.51. The molecule has 0 aliphatic rings. The summed E-state index contributed by atoms with van der Waals surface area (Å²) < 4.78 is 4.11. The monoisotopic (exact) mass is 213 g/mol. The number of hydrogen-bond acceptors (Lipinski definition) is 2. The van der Waals surface area contributed by atoms with Crippen molar-refractivity contribution in [2.45, 2.75) is 31.6 Å². The Balaban J connectivity index is 2.25. The third-order valence-corrected chi connectivity index (χ3v) is 2.81. The lowest BCUT2D eigenvalue weighted by atomic mass is 10.2. The minimum Gasteiger partial charge on any atom is -0.299 e. The summed E-state index contributed by atoms with van der Waals surface area (Å²) in [5.74, 6) is 0.159. The van der Waals surface area contributed by atoms with E-state index in [1.807, 2.05) is 30.3 Å². The van der Waals surface area contributed by atoms with Crippen LogP contribution in [0.2, 0.25) is 0 Å². The molecule has 1 aromatic heterocycles. The molecule has 1 rings (SSSR count). The van der Waals surface area contributed by atoms with Crippen molar-refractivity contribution < 1.29 is 9.36 Å². The second kappa shape index (κ2) is 5.20. The Hall–Kier alpha value is -0.770. The highest BCUT2D eigenvalue weighted by Crippen LogP contribution is 2.06. The summed E-state index contributed by atoms with van der Waals surface area (Å²) in [6, 6.07) is 0. The molecule has 4 heteroatoms. The van der Waals surface area contributed by atoms with Crippen LogP contribution < -0.4 is 4.57 Å². The first-order valence-electron chi connectivity index (χ1n) is 4.79. The number of imidazole rings is 1. The van der Waals surface area contributed by atoms with Crippen molar-refractivity contribution in [3.8, 4) is 0 Å². The number of thiol groups is 1. The van der Waals surface area contributed by atoms with E-state index in [-0.39, 0.29) is 11.0 Å². The first-order valence-corrected chi connectivity index (χ1v) is 5.31. The van der Waals surface area contributed by atoms with Gasteiger partial charge in [-0.05, 0) is 19.8 Å². The Labute approximate surface area is 90.2 Å². The minimum absolute atomic E-state index is 0.0979. The van der Waals surface area contributed by atoms with Crippen molar-refractivity contribution in [3.05, 3.63) is 18.7 Å². The van der Waals surface area contributed by atoms with Crippen LogP contribution in [0.3, 0.4) is 0 Å². The molecule has 1 heterocycles.